The minimum absolute atomic E-state index is 0.621. The first kappa shape index (κ1) is 10.1. The Balaban J connectivity index is 2.13. The van der Waals surface area contributed by atoms with E-state index in [9.17, 15) is 0 Å². The molecule has 3 rings (SSSR count). The van der Waals surface area contributed by atoms with Gasteiger partial charge in [-0.2, -0.15) is 0 Å². The lowest BCUT2D eigenvalue weighted by Gasteiger charge is -2.28. The molecule has 2 bridgehead atoms. The summed E-state index contributed by atoms with van der Waals surface area (Å²) in [4.78, 5) is 2.32. The van der Waals surface area contributed by atoms with Crippen molar-refractivity contribution in [3.8, 4) is 12.0 Å². The largest absolute Gasteiger partial charge is 0.591 e. The molecule has 4 nitrogen and oxygen atoms in total. The number of nitrogens with zero attached hydrogens (tertiary/aromatic N) is 1. The van der Waals surface area contributed by atoms with Crippen LogP contribution in [-0.2, 0) is 13.3 Å². The monoisotopic (exact) mass is 213 g/mol. The number of terminal acetylenes is 1. The van der Waals surface area contributed by atoms with Crippen molar-refractivity contribution in [2.24, 2.45) is 0 Å². The van der Waals surface area contributed by atoms with Gasteiger partial charge in [0.15, 0.2) is 0 Å². The minimum Gasteiger partial charge on any atom is -0.364 e. The van der Waals surface area contributed by atoms with Crippen LogP contribution >= 0.6 is 0 Å². The van der Waals surface area contributed by atoms with Crippen LogP contribution in [0.5, 0.6) is 0 Å². The van der Waals surface area contributed by atoms with E-state index in [1.807, 2.05) is 0 Å². The molecular weight excluding hydrogens is 198 g/mol. The number of fused-ring (bicyclic) bond motifs is 7. The predicted molar refractivity (Wildman–Crippen MR) is 53.5 cm³/mol. The van der Waals surface area contributed by atoms with Gasteiger partial charge in [0.1, 0.15) is 0 Å². The second kappa shape index (κ2) is 4.42. The number of hydrogen-bond acceptors (Lipinski definition) is 4. The molecule has 0 aromatic heterocycles. The topological polar surface area (TPSA) is 30.9 Å². The van der Waals surface area contributed by atoms with Crippen molar-refractivity contribution in [3.63, 3.8) is 0 Å². The Morgan fingerprint density at radius 1 is 1.00 bits per heavy atom. The maximum atomic E-state index is 5.60. The van der Waals surface area contributed by atoms with Gasteiger partial charge in [-0.25, -0.2) is 0 Å². The van der Waals surface area contributed by atoms with Crippen LogP contribution in [0, 0.1) is 12.0 Å². The van der Waals surface area contributed by atoms with Gasteiger partial charge in [-0.05, 0) is 12.0 Å². The van der Waals surface area contributed by atoms with Crippen molar-refractivity contribution in [3.05, 3.63) is 0 Å². The Morgan fingerprint density at radius 2 is 1.64 bits per heavy atom. The maximum absolute atomic E-state index is 5.60. The maximum Gasteiger partial charge on any atom is 0.591 e. The fraction of sp³-hybridized carbons (Fsp3) is 0.778. The van der Waals surface area contributed by atoms with Gasteiger partial charge in [-0.1, -0.05) is 0 Å². The smallest absolute Gasteiger partial charge is 0.364 e. The zero-order valence-corrected chi connectivity index (χ0v) is 9.20. The van der Waals surface area contributed by atoms with E-state index in [1.165, 1.54) is 0 Å². The summed E-state index contributed by atoms with van der Waals surface area (Å²) < 4.78 is 16.8. The van der Waals surface area contributed by atoms with Gasteiger partial charge >= 0.3 is 8.80 Å². The lowest BCUT2D eigenvalue weighted by Crippen LogP contribution is -2.49. The molecule has 3 aliphatic heterocycles. The predicted octanol–water partition coefficient (Wildman–Crippen LogP) is -0.133. The molecule has 0 spiro atoms. The Labute approximate surface area is 85.5 Å². The summed E-state index contributed by atoms with van der Waals surface area (Å²) in [6.45, 7) is 4.80. The SMILES string of the molecule is C#C[Si]12OCCCN(CCO1)CCO2. The Morgan fingerprint density at radius 3 is 2.29 bits per heavy atom. The highest BCUT2D eigenvalue weighted by molar-refractivity contribution is 6.69. The molecule has 0 unspecified atom stereocenters. The van der Waals surface area contributed by atoms with Crippen LogP contribution in [0.15, 0.2) is 0 Å². The van der Waals surface area contributed by atoms with E-state index >= 15 is 0 Å². The van der Waals surface area contributed by atoms with Crippen molar-refractivity contribution in [2.45, 2.75) is 6.42 Å². The third-order valence-electron chi connectivity index (χ3n) is 2.49. The van der Waals surface area contributed by atoms with E-state index < -0.39 is 8.80 Å². The van der Waals surface area contributed by atoms with Gasteiger partial charge in [-0.15, -0.1) is 6.42 Å². The van der Waals surface area contributed by atoms with E-state index in [0.29, 0.717) is 19.8 Å². The molecule has 0 N–H and O–H groups in total. The standard InChI is InChI=1S/C9H15NO3Si/c1-2-14-11-7-3-4-10(5-8-12-14)6-9-13-14/h1H,3-9H2. The third kappa shape index (κ3) is 2.16. The molecule has 3 saturated heterocycles. The molecule has 3 aliphatic rings. The molecule has 3 heterocycles. The molecule has 0 radical (unpaired) electrons. The van der Waals surface area contributed by atoms with Crippen LogP contribution in [0.4, 0.5) is 0 Å². The van der Waals surface area contributed by atoms with Gasteiger partial charge in [0.05, 0.1) is 13.2 Å². The van der Waals surface area contributed by atoms with Gasteiger partial charge < -0.3 is 13.3 Å². The second-order valence-electron chi connectivity index (χ2n) is 3.44. The molecule has 3 fully saturated rings. The Kier molecular flexibility index (Phi) is 3.21. The molecule has 14 heavy (non-hydrogen) atoms. The zero-order valence-electron chi connectivity index (χ0n) is 8.20. The van der Waals surface area contributed by atoms with Crippen molar-refractivity contribution >= 4 is 8.80 Å². The molecule has 0 amide bonds. The molecule has 0 aliphatic carbocycles. The molecule has 5 heteroatoms. The van der Waals surface area contributed by atoms with E-state index in [0.717, 1.165) is 26.1 Å². The summed E-state index contributed by atoms with van der Waals surface area (Å²) >= 11 is 0. The lowest BCUT2D eigenvalue weighted by molar-refractivity contribution is 0.0543. The third-order valence-corrected chi connectivity index (χ3v) is 4.59. The fourth-order valence-electron chi connectivity index (χ4n) is 1.70. The lowest BCUT2D eigenvalue weighted by atomic mass is 10.4. The number of hydrogen-bond donors (Lipinski definition) is 0. The van der Waals surface area contributed by atoms with Crippen LogP contribution in [0.1, 0.15) is 6.42 Å². The minimum atomic E-state index is -2.73. The fourth-order valence-corrected chi connectivity index (χ4v) is 3.33. The zero-order chi connectivity index (χ0) is 9.86. The summed E-state index contributed by atoms with van der Waals surface area (Å²) in [5, 5.41) is 0. The van der Waals surface area contributed by atoms with Crippen LogP contribution in [0.25, 0.3) is 0 Å². The molecule has 0 aromatic carbocycles. The van der Waals surface area contributed by atoms with E-state index in [-0.39, 0.29) is 0 Å². The van der Waals surface area contributed by atoms with Gasteiger partial charge in [0.2, 0.25) is 0 Å². The van der Waals surface area contributed by atoms with Crippen molar-refractivity contribution in [1.82, 2.24) is 4.90 Å². The highest BCUT2D eigenvalue weighted by Crippen LogP contribution is 2.14. The first-order valence-electron chi connectivity index (χ1n) is 4.97. The van der Waals surface area contributed by atoms with Gasteiger partial charge in [0, 0.05) is 26.2 Å². The normalized spacial score (nSPS) is 38.9. The van der Waals surface area contributed by atoms with Gasteiger partial charge in [0.25, 0.3) is 0 Å². The second-order valence-corrected chi connectivity index (χ2v) is 5.71. The Bertz CT molecular complexity index is 225. The molecular formula is C9H15NO3Si. The van der Waals surface area contributed by atoms with Crippen LogP contribution in [-0.4, -0.2) is 53.2 Å². The summed E-state index contributed by atoms with van der Waals surface area (Å²) in [5.74, 6) is 0. The first-order chi connectivity index (χ1) is 6.85. The Hall–Kier alpha value is -0.383. The highest BCUT2D eigenvalue weighted by Gasteiger charge is 2.41. The van der Waals surface area contributed by atoms with E-state index in [2.05, 4.69) is 10.4 Å². The van der Waals surface area contributed by atoms with Crippen LogP contribution in [0.3, 0.4) is 0 Å². The van der Waals surface area contributed by atoms with Crippen molar-refractivity contribution < 1.29 is 13.3 Å². The van der Waals surface area contributed by atoms with Crippen molar-refractivity contribution in [1.29, 1.82) is 0 Å². The molecule has 0 atom stereocenters. The molecule has 0 aromatic rings. The quantitative estimate of drug-likeness (QED) is 0.414. The first-order valence-corrected chi connectivity index (χ1v) is 6.69. The average Bonchev–Trinajstić information content (AvgIpc) is 2.32. The van der Waals surface area contributed by atoms with Gasteiger partial charge in [-0.3, -0.25) is 4.90 Å². The summed E-state index contributed by atoms with van der Waals surface area (Å²) in [7, 11) is -2.73. The number of rotatable bonds is 0. The van der Waals surface area contributed by atoms with E-state index in [1.54, 1.807) is 0 Å². The summed E-state index contributed by atoms with van der Waals surface area (Å²) in [5.41, 5.74) is 2.59. The highest BCUT2D eigenvalue weighted by atomic mass is 28.4. The summed E-state index contributed by atoms with van der Waals surface area (Å²) in [6, 6.07) is 0. The van der Waals surface area contributed by atoms with Crippen LogP contribution < -0.4 is 0 Å². The molecule has 78 valence electrons. The van der Waals surface area contributed by atoms with E-state index in [4.69, 9.17) is 19.7 Å². The van der Waals surface area contributed by atoms with Crippen LogP contribution in [0.2, 0.25) is 0 Å². The average molecular weight is 213 g/mol. The molecule has 0 saturated carbocycles. The van der Waals surface area contributed by atoms with Crippen molar-refractivity contribution in [2.75, 3.05) is 39.5 Å². The summed E-state index contributed by atoms with van der Waals surface area (Å²) in [6.07, 6.45) is 6.44.